The number of carbonyl (C=O) groups excluding carboxylic acids is 1. The molecule has 0 aliphatic carbocycles. The van der Waals surface area contributed by atoms with Crippen LogP contribution in [0.4, 0.5) is 5.82 Å². The van der Waals surface area contributed by atoms with Crippen LogP contribution in [-0.2, 0) is 0 Å². The first-order valence-corrected chi connectivity index (χ1v) is 3.66. The minimum Gasteiger partial charge on any atom is -0.384 e. The van der Waals surface area contributed by atoms with E-state index >= 15 is 0 Å². The average Bonchev–Trinajstić information content (AvgIpc) is 2.08. The summed E-state index contributed by atoms with van der Waals surface area (Å²) in [4.78, 5) is 14.8. The molecule has 1 aromatic heterocycles. The molecule has 0 atom stereocenters. The zero-order chi connectivity index (χ0) is 9.14. The van der Waals surface area contributed by atoms with Crippen LogP contribution in [0.1, 0.15) is 10.4 Å². The molecule has 0 saturated carbocycles. The number of nitrogen functional groups attached to an aromatic ring is 1. The van der Waals surface area contributed by atoms with Crippen LogP contribution >= 0.6 is 11.6 Å². The molecule has 4 nitrogen and oxygen atoms in total. The Morgan fingerprint density at radius 1 is 1.75 bits per heavy atom. The van der Waals surface area contributed by atoms with E-state index in [1.807, 2.05) is 0 Å². The Labute approximate surface area is 74.7 Å². The van der Waals surface area contributed by atoms with E-state index in [1.54, 1.807) is 0 Å². The van der Waals surface area contributed by atoms with Crippen molar-refractivity contribution in [3.8, 4) is 0 Å². The van der Waals surface area contributed by atoms with Gasteiger partial charge >= 0.3 is 0 Å². The van der Waals surface area contributed by atoms with Gasteiger partial charge < -0.3 is 11.1 Å². The standard InChI is InChI=1S/C7H8ClN3O/c1-10-7(12)4-2-6(9)11-3-5(4)8/h2-3H,1H3,(H2,9,11)(H,10,12). The van der Waals surface area contributed by atoms with Gasteiger partial charge in [0.15, 0.2) is 0 Å². The molecule has 0 bridgehead atoms. The first kappa shape index (κ1) is 8.80. The number of amides is 1. The van der Waals surface area contributed by atoms with Gasteiger partial charge in [0.1, 0.15) is 5.82 Å². The molecular formula is C7H8ClN3O. The highest BCUT2D eigenvalue weighted by atomic mass is 35.5. The van der Waals surface area contributed by atoms with Crippen LogP contribution in [0.15, 0.2) is 12.3 Å². The van der Waals surface area contributed by atoms with Gasteiger partial charge in [-0.05, 0) is 6.07 Å². The van der Waals surface area contributed by atoms with Crippen molar-refractivity contribution in [2.75, 3.05) is 12.8 Å². The number of nitrogens with two attached hydrogens (primary N) is 1. The molecule has 0 unspecified atom stereocenters. The van der Waals surface area contributed by atoms with E-state index in [2.05, 4.69) is 10.3 Å². The third kappa shape index (κ3) is 1.65. The molecule has 1 rings (SSSR count). The summed E-state index contributed by atoms with van der Waals surface area (Å²) < 4.78 is 0. The van der Waals surface area contributed by atoms with Crippen molar-refractivity contribution < 1.29 is 4.79 Å². The number of nitrogens with one attached hydrogen (secondary N) is 1. The molecule has 1 amide bonds. The monoisotopic (exact) mass is 185 g/mol. The second kappa shape index (κ2) is 3.40. The molecule has 5 heteroatoms. The highest BCUT2D eigenvalue weighted by Gasteiger charge is 2.08. The lowest BCUT2D eigenvalue weighted by Crippen LogP contribution is -2.18. The Kier molecular flexibility index (Phi) is 2.50. The number of rotatable bonds is 1. The Bertz CT molecular complexity index is 314. The summed E-state index contributed by atoms with van der Waals surface area (Å²) in [5.41, 5.74) is 5.71. The summed E-state index contributed by atoms with van der Waals surface area (Å²) in [6.07, 6.45) is 1.35. The van der Waals surface area contributed by atoms with Crippen LogP contribution in [0, 0.1) is 0 Å². The van der Waals surface area contributed by atoms with Crippen molar-refractivity contribution in [2.45, 2.75) is 0 Å². The predicted molar refractivity (Wildman–Crippen MR) is 47.0 cm³/mol. The second-order valence-corrected chi connectivity index (χ2v) is 2.58. The molecule has 1 heterocycles. The summed E-state index contributed by atoms with van der Waals surface area (Å²) in [6.45, 7) is 0. The topological polar surface area (TPSA) is 68.0 Å². The van der Waals surface area contributed by atoms with Crippen LogP contribution < -0.4 is 11.1 Å². The van der Waals surface area contributed by atoms with Crippen LogP contribution in [0.25, 0.3) is 0 Å². The van der Waals surface area contributed by atoms with E-state index in [0.29, 0.717) is 10.6 Å². The van der Waals surface area contributed by atoms with E-state index in [1.165, 1.54) is 19.3 Å². The van der Waals surface area contributed by atoms with Crippen LogP contribution in [-0.4, -0.2) is 17.9 Å². The Morgan fingerprint density at radius 3 is 3.00 bits per heavy atom. The fourth-order valence-corrected chi connectivity index (χ4v) is 0.953. The van der Waals surface area contributed by atoms with E-state index in [9.17, 15) is 4.79 Å². The van der Waals surface area contributed by atoms with E-state index in [0.717, 1.165) is 0 Å². The van der Waals surface area contributed by atoms with Gasteiger partial charge in [0.05, 0.1) is 10.6 Å². The summed E-state index contributed by atoms with van der Waals surface area (Å²) in [6, 6.07) is 1.43. The summed E-state index contributed by atoms with van der Waals surface area (Å²) in [5.74, 6) is 0.00657. The summed E-state index contributed by atoms with van der Waals surface area (Å²) >= 11 is 5.69. The molecule has 0 spiro atoms. The smallest absolute Gasteiger partial charge is 0.252 e. The number of hydrogen-bond donors (Lipinski definition) is 2. The molecule has 12 heavy (non-hydrogen) atoms. The number of carbonyl (C=O) groups is 1. The van der Waals surface area contributed by atoms with Crippen molar-refractivity contribution in [3.05, 3.63) is 22.8 Å². The SMILES string of the molecule is CNC(=O)c1cc(N)ncc1Cl. The molecule has 0 aromatic carbocycles. The van der Waals surface area contributed by atoms with E-state index in [4.69, 9.17) is 17.3 Å². The minimum atomic E-state index is -0.269. The van der Waals surface area contributed by atoms with Gasteiger partial charge in [-0.15, -0.1) is 0 Å². The lowest BCUT2D eigenvalue weighted by atomic mass is 10.2. The van der Waals surface area contributed by atoms with Crippen molar-refractivity contribution in [1.82, 2.24) is 10.3 Å². The van der Waals surface area contributed by atoms with Gasteiger partial charge in [-0.25, -0.2) is 4.98 Å². The maximum Gasteiger partial charge on any atom is 0.252 e. The molecule has 0 aliphatic rings. The Balaban J connectivity index is 3.13. The second-order valence-electron chi connectivity index (χ2n) is 2.17. The third-order valence-electron chi connectivity index (χ3n) is 1.35. The van der Waals surface area contributed by atoms with Crippen molar-refractivity contribution in [1.29, 1.82) is 0 Å². The molecule has 0 radical (unpaired) electrons. The van der Waals surface area contributed by atoms with Gasteiger partial charge in [-0.3, -0.25) is 4.79 Å². The van der Waals surface area contributed by atoms with Crippen LogP contribution in [0.5, 0.6) is 0 Å². The zero-order valence-corrected chi connectivity index (χ0v) is 7.22. The van der Waals surface area contributed by atoms with Crippen LogP contribution in [0.3, 0.4) is 0 Å². The first-order valence-electron chi connectivity index (χ1n) is 3.28. The third-order valence-corrected chi connectivity index (χ3v) is 1.65. The lowest BCUT2D eigenvalue weighted by molar-refractivity contribution is 0.0963. The number of pyridine rings is 1. The zero-order valence-electron chi connectivity index (χ0n) is 6.47. The largest absolute Gasteiger partial charge is 0.384 e. The van der Waals surface area contributed by atoms with Gasteiger partial charge in [0.2, 0.25) is 0 Å². The number of halogens is 1. The maximum absolute atomic E-state index is 11.1. The number of aromatic nitrogens is 1. The van der Waals surface area contributed by atoms with Crippen molar-refractivity contribution in [2.24, 2.45) is 0 Å². The highest BCUT2D eigenvalue weighted by Crippen LogP contribution is 2.15. The molecular weight excluding hydrogens is 178 g/mol. The number of nitrogens with zero attached hydrogens (tertiary/aromatic N) is 1. The molecule has 0 fully saturated rings. The quantitative estimate of drug-likeness (QED) is 0.676. The molecule has 3 N–H and O–H groups in total. The maximum atomic E-state index is 11.1. The predicted octanol–water partition coefficient (Wildman–Crippen LogP) is 0.677. The van der Waals surface area contributed by atoms with E-state index < -0.39 is 0 Å². The molecule has 1 aromatic rings. The Morgan fingerprint density at radius 2 is 2.42 bits per heavy atom. The van der Waals surface area contributed by atoms with E-state index in [-0.39, 0.29) is 11.7 Å². The average molecular weight is 186 g/mol. The van der Waals surface area contributed by atoms with Crippen molar-refractivity contribution >= 4 is 23.3 Å². The molecule has 64 valence electrons. The van der Waals surface area contributed by atoms with Crippen molar-refractivity contribution in [3.63, 3.8) is 0 Å². The lowest BCUT2D eigenvalue weighted by Gasteiger charge is -2.02. The van der Waals surface area contributed by atoms with Gasteiger partial charge in [-0.1, -0.05) is 11.6 Å². The van der Waals surface area contributed by atoms with Gasteiger partial charge in [0, 0.05) is 13.2 Å². The number of hydrogen-bond acceptors (Lipinski definition) is 3. The summed E-state index contributed by atoms with van der Waals surface area (Å²) in [5, 5.41) is 2.74. The normalized spacial score (nSPS) is 9.50. The molecule has 0 saturated heterocycles. The molecule has 0 aliphatic heterocycles. The fourth-order valence-electron chi connectivity index (χ4n) is 0.764. The first-order chi connectivity index (χ1) is 5.65. The minimum absolute atomic E-state index is 0.269. The van der Waals surface area contributed by atoms with Gasteiger partial charge in [-0.2, -0.15) is 0 Å². The number of anilines is 1. The van der Waals surface area contributed by atoms with Gasteiger partial charge in [0.25, 0.3) is 5.91 Å². The fraction of sp³-hybridized carbons (Fsp3) is 0.143. The van der Waals surface area contributed by atoms with Crippen LogP contribution in [0.2, 0.25) is 5.02 Å². The highest BCUT2D eigenvalue weighted by molar-refractivity contribution is 6.33. The Hall–Kier alpha value is -1.29. The summed E-state index contributed by atoms with van der Waals surface area (Å²) in [7, 11) is 1.52.